The molecule has 0 aromatic heterocycles. The minimum atomic E-state index is 0.233. The summed E-state index contributed by atoms with van der Waals surface area (Å²) in [5.74, 6) is 1.95. The molecule has 0 spiro atoms. The number of rotatable bonds is 5. The molecule has 3 heteroatoms. The summed E-state index contributed by atoms with van der Waals surface area (Å²) in [4.78, 5) is 11.9. The maximum atomic E-state index is 11.9. The molecule has 0 bridgehead atoms. The number of hydrogen-bond acceptors (Lipinski definition) is 2. The molecule has 3 nitrogen and oxygen atoms in total. The zero-order valence-electron chi connectivity index (χ0n) is 11.8. The molecule has 100 valence electrons. The molecule has 1 heterocycles. The Morgan fingerprint density at radius 2 is 2.12 bits per heavy atom. The molecule has 0 radical (unpaired) electrons. The van der Waals surface area contributed by atoms with Crippen molar-refractivity contribution in [1.82, 2.24) is 10.6 Å². The number of carbonyl (C=O) groups is 1. The Hall–Kier alpha value is -0.570. The molecule has 1 fully saturated rings. The predicted octanol–water partition coefficient (Wildman–Crippen LogP) is 2.17. The fourth-order valence-electron chi connectivity index (χ4n) is 2.70. The predicted molar refractivity (Wildman–Crippen MR) is 71.8 cm³/mol. The second-order valence-electron chi connectivity index (χ2n) is 6.08. The van der Waals surface area contributed by atoms with Crippen LogP contribution in [-0.4, -0.2) is 25.0 Å². The SMILES string of the molecule is CC(C)CC(C)CC(=O)NC1CCNCC1C. The molecular formula is C14H28N2O. The lowest BCUT2D eigenvalue weighted by molar-refractivity contribution is -0.123. The molecule has 0 saturated carbocycles. The van der Waals surface area contributed by atoms with Gasteiger partial charge in [-0.15, -0.1) is 0 Å². The summed E-state index contributed by atoms with van der Waals surface area (Å²) in [5.41, 5.74) is 0. The van der Waals surface area contributed by atoms with Gasteiger partial charge in [-0.05, 0) is 43.7 Å². The number of hydrogen-bond donors (Lipinski definition) is 2. The van der Waals surface area contributed by atoms with Crippen molar-refractivity contribution in [2.75, 3.05) is 13.1 Å². The average Bonchev–Trinajstić information content (AvgIpc) is 2.19. The third kappa shape index (κ3) is 5.53. The first-order valence-electron chi connectivity index (χ1n) is 6.99. The summed E-state index contributed by atoms with van der Waals surface area (Å²) in [5, 5.41) is 6.55. The monoisotopic (exact) mass is 240 g/mol. The highest BCUT2D eigenvalue weighted by Crippen LogP contribution is 2.16. The quantitative estimate of drug-likeness (QED) is 0.773. The van der Waals surface area contributed by atoms with Gasteiger partial charge >= 0.3 is 0 Å². The lowest BCUT2D eigenvalue weighted by Crippen LogP contribution is -2.48. The summed E-state index contributed by atoms with van der Waals surface area (Å²) in [6, 6.07) is 0.370. The van der Waals surface area contributed by atoms with E-state index in [2.05, 4.69) is 38.3 Å². The van der Waals surface area contributed by atoms with E-state index in [9.17, 15) is 4.79 Å². The Morgan fingerprint density at radius 1 is 1.41 bits per heavy atom. The van der Waals surface area contributed by atoms with Gasteiger partial charge in [-0.1, -0.05) is 27.7 Å². The first-order valence-corrected chi connectivity index (χ1v) is 6.99. The molecule has 1 amide bonds. The van der Waals surface area contributed by atoms with Crippen LogP contribution in [0.3, 0.4) is 0 Å². The second-order valence-corrected chi connectivity index (χ2v) is 6.08. The Labute approximate surface area is 106 Å². The minimum Gasteiger partial charge on any atom is -0.353 e. The van der Waals surface area contributed by atoms with Gasteiger partial charge in [0.05, 0.1) is 0 Å². The van der Waals surface area contributed by atoms with E-state index >= 15 is 0 Å². The maximum Gasteiger partial charge on any atom is 0.220 e. The highest BCUT2D eigenvalue weighted by Gasteiger charge is 2.23. The van der Waals surface area contributed by atoms with Gasteiger partial charge in [-0.25, -0.2) is 0 Å². The minimum absolute atomic E-state index is 0.233. The van der Waals surface area contributed by atoms with E-state index in [4.69, 9.17) is 0 Å². The summed E-state index contributed by atoms with van der Waals surface area (Å²) in [6.45, 7) is 10.8. The number of piperidine rings is 1. The molecule has 0 aliphatic carbocycles. The summed E-state index contributed by atoms with van der Waals surface area (Å²) in [6.07, 6.45) is 2.87. The highest BCUT2D eigenvalue weighted by molar-refractivity contribution is 5.76. The maximum absolute atomic E-state index is 11.9. The van der Waals surface area contributed by atoms with Crippen molar-refractivity contribution in [3.8, 4) is 0 Å². The zero-order valence-corrected chi connectivity index (χ0v) is 11.8. The second kappa shape index (κ2) is 7.00. The molecule has 3 atom stereocenters. The first kappa shape index (κ1) is 14.5. The van der Waals surface area contributed by atoms with E-state index in [0.717, 1.165) is 25.9 Å². The van der Waals surface area contributed by atoms with Crippen molar-refractivity contribution in [3.63, 3.8) is 0 Å². The van der Waals surface area contributed by atoms with E-state index in [-0.39, 0.29) is 5.91 Å². The van der Waals surface area contributed by atoms with Crippen LogP contribution in [0.15, 0.2) is 0 Å². The molecule has 1 saturated heterocycles. The number of carbonyl (C=O) groups excluding carboxylic acids is 1. The van der Waals surface area contributed by atoms with Crippen molar-refractivity contribution in [2.45, 2.75) is 53.0 Å². The van der Waals surface area contributed by atoms with Crippen molar-refractivity contribution in [2.24, 2.45) is 17.8 Å². The van der Waals surface area contributed by atoms with Gasteiger partial charge in [0.15, 0.2) is 0 Å². The third-order valence-corrected chi connectivity index (χ3v) is 3.54. The highest BCUT2D eigenvalue weighted by atomic mass is 16.1. The van der Waals surface area contributed by atoms with Crippen molar-refractivity contribution in [1.29, 1.82) is 0 Å². The summed E-state index contributed by atoms with van der Waals surface area (Å²) >= 11 is 0. The van der Waals surface area contributed by atoms with Crippen LogP contribution >= 0.6 is 0 Å². The molecular weight excluding hydrogens is 212 g/mol. The zero-order chi connectivity index (χ0) is 12.8. The topological polar surface area (TPSA) is 41.1 Å². The van der Waals surface area contributed by atoms with Gasteiger partial charge in [-0.2, -0.15) is 0 Å². The van der Waals surface area contributed by atoms with Crippen LogP contribution in [0.1, 0.15) is 47.0 Å². The molecule has 2 N–H and O–H groups in total. The van der Waals surface area contributed by atoms with Crippen LogP contribution in [0.2, 0.25) is 0 Å². The molecule has 1 rings (SSSR count). The van der Waals surface area contributed by atoms with E-state index in [1.807, 2.05) is 0 Å². The molecule has 1 aliphatic rings. The smallest absolute Gasteiger partial charge is 0.220 e. The lowest BCUT2D eigenvalue weighted by Gasteiger charge is -2.30. The van der Waals surface area contributed by atoms with Gasteiger partial charge in [0.25, 0.3) is 0 Å². The van der Waals surface area contributed by atoms with Crippen molar-refractivity contribution >= 4 is 5.91 Å². The largest absolute Gasteiger partial charge is 0.353 e. The fraction of sp³-hybridized carbons (Fsp3) is 0.929. The van der Waals surface area contributed by atoms with E-state index in [1.54, 1.807) is 0 Å². The standard InChI is InChI=1S/C14H28N2O/c1-10(2)7-11(3)8-14(17)16-13-5-6-15-9-12(13)4/h10-13,15H,5-9H2,1-4H3,(H,16,17). The average molecular weight is 240 g/mol. The van der Waals surface area contributed by atoms with Crippen LogP contribution < -0.4 is 10.6 Å². The molecule has 17 heavy (non-hydrogen) atoms. The van der Waals surface area contributed by atoms with Crippen LogP contribution in [0.25, 0.3) is 0 Å². The summed E-state index contributed by atoms with van der Waals surface area (Å²) < 4.78 is 0. The third-order valence-electron chi connectivity index (χ3n) is 3.54. The Morgan fingerprint density at radius 3 is 2.71 bits per heavy atom. The fourth-order valence-corrected chi connectivity index (χ4v) is 2.70. The van der Waals surface area contributed by atoms with Gasteiger partial charge in [0.1, 0.15) is 0 Å². The van der Waals surface area contributed by atoms with Crippen LogP contribution in [-0.2, 0) is 4.79 Å². The van der Waals surface area contributed by atoms with Crippen LogP contribution in [0.5, 0.6) is 0 Å². The van der Waals surface area contributed by atoms with Crippen molar-refractivity contribution < 1.29 is 4.79 Å². The Kier molecular flexibility index (Phi) is 5.96. The Bertz CT molecular complexity index is 240. The van der Waals surface area contributed by atoms with Gasteiger partial charge < -0.3 is 10.6 Å². The molecule has 3 unspecified atom stereocenters. The van der Waals surface area contributed by atoms with Crippen molar-refractivity contribution in [3.05, 3.63) is 0 Å². The number of nitrogens with one attached hydrogen (secondary N) is 2. The molecule has 0 aromatic rings. The van der Waals surface area contributed by atoms with Crippen LogP contribution in [0.4, 0.5) is 0 Å². The van der Waals surface area contributed by atoms with E-state index < -0.39 is 0 Å². The Balaban J connectivity index is 2.28. The molecule has 0 aromatic carbocycles. The normalized spacial score (nSPS) is 26.9. The van der Waals surface area contributed by atoms with Gasteiger partial charge in [-0.3, -0.25) is 4.79 Å². The van der Waals surface area contributed by atoms with Crippen LogP contribution in [0, 0.1) is 17.8 Å². The lowest BCUT2D eigenvalue weighted by atomic mass is 9.93. The summed E-state index contributed by atoms with van der Waals surface area (Å²) in [7, 11) is 0. The van der Waals surface area contributed by atoms with E-state index in [0.29, 0.717) is 30.2 Å². The number of amides is 1. The molecule has 1 aliphatic heterocycles. The van der Waals surface area contributed by atoms with E-state index in [1.165, 1.54) is 0 Å². The van der Waals surface area contributed by atoms with Gasteiger partial charge in [0, 0.05) is 12.5 Å². The first-order chi connectivity index (χ1) is 7.99. The van der Waals surface area contributed by atoms with Gasteiger partial charge in [0.2, 0.25) is 5.91 Å².